The van der Waals surface area contributed by atoms with E-state index < -0.39 is 12.0 Å². The molecule has 1 aliphatic carbocycles. The van der Waals surface area contributed by atoms with Crippen LogP contribution < -0.4 is 21.5 Å². The van der Waals surface area contributed by atoms with Gasteiger partial charge >= 0.3 is 5.97 Å². The van der Waals surface area contributed by atoms with E-state index in [0.29, 0.717) is 29.5 Å². The Morgan fingerprint density at radius 1 is 1.03 bits per heavy atom. The molecule has 1 aliphatic rings. The minimum Gasteiger partial charge on any atom is -0.497 e. The minimum atomic E-state index is -1.02. The van der Waals surface area contributed by atoms with Crippen LogP contribution in [-0.4, -0.2) is 42.5 Å². The van der Waals surface area contributed by atoms with Crippen molar-refractivity contribution in [3.8, 4) is 5.75 Å². The van der Waals surface area contributed by atoms with Gasteiger partial charge < -0.3 is 26.6 Å². The second-order valence-corrected chi connectivity index (χ2v) is 8.58. The van der Waals surface area contributed by atoms with Crippen LogP contribution in [-0.2, 0) is 16.0 Å². The van der Waals surface area contributed by atoms with Crippen molar-refractivity contribution in [3.05, 3.63) is 59.7 Å². The number of aliphatic carboxylic acids is 1. The summed E-state index contributed by atoms with van der Waals surface area (Å²) in [5, 5.41) is 12.1. The lowest BCUT2D eigenvalue weighted by atomic mass is 9.81. The fraction of sp³-hybridized carbons (Fsp3) is 0.423. The summed E-state index contributed by atoms with van der Waals surface area (Å²) in [7, 11) is 1.58. The lowest BCUT2D eigenvalue weighted by molar-refractivity contribution is -0.142. The summed E-state index contributed by atoms with van der Waals surface area (Å²) >= 11 is 0. The Labute approximate surface area is 200 Å². The number of anilines is 1. The maximum atomic E-state index is 12.4. The largest absolute Gasteiger partial charge is 0.497 e. The van der Waals surface area contributed by atoms with Gasteiger partial charge in [0.25, 0.3) is 0 Å². The van der Waals surface area contributed by atoms with Crippen molar-refractivity contribution < 1.29 is 24.2 Å². The van der Waals surface area contributed by atoms with Crippen molar-refractivity contribution in [1.29, 1.82) is 0 Å². The summed E-state index contributed by atoms with van der Waals surface area (Å²) in [6.07, 6.45) is 3.68. The third-order valence-electron chi connectivity index (χ3n) is 6.08. The second-order valence-electron chi connectivity index (χ2n) is 8.58. The van der Waals surface area contributed by atoms with Gasteiger partial charge in [-0.1, -0.05) is 12.1 Å². The van der Waals surface area contributed by atoms with Crippen molar-refractivity contribution in [3.63, 3.8) is 0 Å². The molecule has 2 aromatic rings. The molecular weight excluding hydrogens is 434 g/mol. The molecule has 1 amide bonds. The van der Waals surface area contributed by atoms with Gasteiger partial charge in [0.2, 0.25) is 5.91 Å². The molecule has 0 heterocycles. The average molecular weight is 470 g/mol. The number of ketones is 1. The molecule has 8 nitrogen and oxygen atoms in total. The Kier molecular flexibility index (Phi) is 10.5. The van der Waals surface area contributed by atoms with Crippen molar-refractivity contribution in [2.24, 2.45) is 17.6 Å². The summed E-state index contributed by atoms with van der Waals surface area (Å²) in [6, 6.07) is 13.1. The Morgan fingerprint density at radius 2 is 1.62 bits per heavy atom. The Balaban J connectivity index is 0.000000340. The summed E-state index contributed by atoms with van der Waals surface area (Å²) in [5.41, 5.74) is 13.3. The Bertz CT molecular complexity index is 936. The maximum Gasteiger partial charge on any atom is 0.326 e. The van der Waals surface area contributed by atoms with Crippen molar-refractivity contribution >= 4 is 23.3 Å². The lowest BCUT2D eigenvalue weighted by Gasteiger charge is -2.27. The van der Waals surface area contributed by atoms with E-state index in [4.69, 9.17) is 16.2 Å². The predicted octanol–water partition coefficient (Wildman–Crippen LogP) is 3.04. The number of carbonyl (C=O) groups is 3. The van der Waals surface area contributed by atoms with E-state index >= 15 is 0 Å². The molecule has 8 heteroatoms. The number of methoxy groups -OCH3 is 1. The molecule has 0 aliphatic heterocycles. The van der Waals surface area contributed by atoms with Crippen LogP contribution in [0.1, 0.15) is 48.5 Å². The number of ether oxygens (including phenoxy) is 1. The topological polar surface area (TPSA) is 145 Å². The standard InChI is InChI=1S/C18H26N2O4.C8H9NO/c1-24-15-8-4-12(5-9-15)10-16(18(22)23)20-17(21)14-6-2-13(11-19)3-7-14;1-6(10)7-2-4-8(9)5-3-7/h4-5,8-9,13-14,16H,2-3,6-7,10-11,19H2,1H3,(H,20,21)(H,22,23);2-5H,9H2,1H3/t13-,14-,16-;/m0./s1. The van der Waals surface area contributed by atoms with E-state index in [1.165, 1.54) is 6.92 Å². The number of Topliss-reactive ketones (excluding diaryl/α,β-unsaturated/α-hetero) is 1. The summed E-state index contributed by atoms with van der Waals surface area (Å²) in [5.74, 6) is -0.0124. The first-order valence-corrected chi connectivity index (χ1v) is 11.5. The minimum absolute atomic E-state index is 0.0694. The van der Waals surface area contributed by atoms with Crippen molar-refractivity contribution in [2.75, 3.05) is 19.4 Å². The molecule has 0 radical (unpaired) electrons. The zero-order valence-corrected chi connectivity index (χ0v) is 19.8. The molecule has 0 unspecified atom stereocenters. The fourth-order valence-corrected chi connectivity index (χ4v) is 3.87. The van der Waals surface area contributed by atoms with Crippen LogP contribution in [0.4, 0.5) is 5.69 Å². The quantitative estimate of drug-likeness (QED) is 0.343. The first-order chi connectivity index (χ1) is 16.2. The van der Waals surface area contributed by atoms with Crippen LogP contribution in [0.3, 0.4) is 0 Å². The maximum absolute atomic E-state index is 12.4. The highest BCUT2D eigenvalue weighted by Crippen LogP contribution is 2.28. The molecule has 0 aromatic heterocycles. The molecule has 0 bridgehead atoms. The number of carboxylic acids is 1. The van der Waals surface area contributed by atoms with Crippen LogP contribution in [0, 0.1) is 11.8 Å². The number of hydrogen-bond acceptors (Lipinski definition) is 6. The van der Waals surface area contributed by atoms with Crippen molar-refractivity contribution in [1.82, 2.24) is 5.32 Å². The number of nitrogens with one attached hydrogen (secondary N) is 1. The monoisotopic (exact) mass is 469 g/mol. The molecule has 34 heavy (non-hydrogen) atoms. The fourth-order valence-electron chi connectivity index (χ4n) is 3.87. The molecule has 3 rings (SSSR count). The van der Waals surface area contributed by atoms with E-state index in [-0.39, 0.29) is 24.0 Å². The highest BCUT2D eigenvalue weighted by atomic mass is 16.5. The molecule has 2 aromatic carbocycles. The molecule has 1 atom stereocenters. The van der Waals surface area contributed by atoms with Gasteiger partial charge in [0.15, 0.2) is 5.78 Å². The van der Waals surface area contributed by atoms with Crippen molar-refractivity contribution in [2.45, 2.75) is 45.1 Å². The summed E-state index contributed by atoms with van der Waals surface area (Å²) in [6.45, 7) is 2.19. The smallest absolute Gasteiger partial charge is 0.326 e. The van der Waals surface area contributed by atoms with E-state index in [0.717, 1.165) is 31.2 Å². The van der Waals surface area contributed by atoms with Crippen LogP contribution in [0.25, 0.3) is 0 Å². The number of rotatable bonds is 8. The number of amides is 1. The first-order valence-electron chi connectivity index (χ1n) is 11.5. The number of nitrogen functional groups attached to an aromatic ring is 1. The molecule has 6 N–H and O–H groups in total. The number of nitrogens with two attached hydrogens (primary N) is 2. The number of carboxylic acid groups (broad SMARTS) is 1. The Hall–Kier alpha value is -3.39. The van der Waals surface area contributed by atoms with E-state index in [1.54, 1.807) is 43.5 Å². The van der Waals surface area contributed by atoms with E-state index in [9.17, 15) is 19.5 Å². The van der Waals surface area contributed by atoms with E-state index in [2.05, 4.69) is 5.32 Å². The molecule has 0 spiro atoms. The highest BCUT2D eigenvalue weighted by Gasteiger charge is 2.29. The van der Waals surface area contributed by atoms with Gasteiger partial charge in [0.1, 0.15) is 11.8 Å². The molecule has 0 saturated heterocycles. The zero-order chi connectivity index (χ0) is 25.1. The van der Waals surface area contributed by atoms with Gasteiger partial charge in [0.05, 0.1) is 7.11 Å². The number of hydrogen-bond donors (Lipinski definition) is 4. The lowest BCUT2D eigenvalue weighted by Crippen LogP contribution is -2.45. The first kappa shape index (κ1) is 26.9. The van der Waals surface area contributed by atoms with Gasteiger partial charge in [-0.05, 0) is 87.0 Å². The van der Waals surface area contributed by atoms with Crippen LogP contribution in [0.15, 0.2) is 48.5 Å². The molecule has 1 saturated carbocycles. The third kappa shape index (κ3) is 8.51. The highest BCUT2D eigenvalue weighted by molar-refractivity contribution is 5.94. The molecule has 184 valence electrons. The second kappa shape index (κ2) is 13.3. The summed E-state index contributed by atoms with van der Waals surface area (Å²) in [4.78, 5) is 34.6. The number of benzene rings is 2. The average Bonchev–Trinajstić information content (AvgIpc) is 2.84. The number of carbonyl (C=O) groups excluding carboxylic acids is 2. The van der Waals surface area contributed by atoms with Gasteiger partial charge in [-0.25, -0.2) is 4.79 Å². The Morgan fingerprint density at radius 3 is 2.09 bits per heavy atom. The summed E-state index contributed by atoms with van der Waals surface area (Å²) < 4.78 is 5.09. The van der Waals surface area contributed by atoms with Gasteiger partial charge in [-0.3, -0.25) is 9.59 Å². The van der Waals surface area contributed by atoms with Crippen LogP contribution >= 0.6 is 0 Å². The normalized spacial score (nSPS) is 18.1. The van der Waals surface area contributed by atoms with Crippen LogP contribution in [0.5, 0.6) is 5.75 Å². The molecular formula is C26H35N3O5. The van der Waals surface area contributed by atoms with Gasteiger partial charge in [-0.15, -0.1) is 0 Å². The van der Waals surface area contributed by atoms with E-state index in [1.807, 2.05) is 12.1 Å². The van der Waals surface area contributed by atoms with Crippen LogP contribution in [0.2, 0.25) is 0 Å². The van der Waals surface area contributed by atoms with Gasteiger partial charge in [0, 0.05) is 23.6 Å². The zero-order valence-electron chi connectivity index (χ0n) is 19.8. The predicted molar refractivity (Wildman–Crippen MR) is 132 cm³/mol. The SMILES string of the molecule is CC(=O)c1ccc(N)cc1.COc1ccc(C[C@H](NC(=O)[C@H]2CC[C@H](CN)CC2)C(=O)O)cc1. The third-order valence-corrected chi connectivity index (χ3v) is 6.08. The van der Waals surface area contributed by atoms with Gasteiger partial charge in [-0.2, -0.15) is 0 Å². The molecule has 1 fully saturated rings.